The molecule has 2 nitrogen and oxygen atoms in total. The fraction of sp³-hybridized carbons (Fsp3) is 0. The summed E-state index contributed by atoms with van der Waals surface area (Å²) in [4.78, 5) is 4.41. The van der Waals surface area contributed by atoms with Crippen LogP contribution in [0.1, 0.15) is 10.6 Å². The maximum atomic E-state index is 13.2. The largest absolute Gasteiger partial charge is 0.235 e. The van der Waals surface area contributed by atoms with Crippen LogP contribution in [0.5, 0.6) is 0 Å². The highest BCUT2D eigenvalue weighted by Gasteiger charge is 2.09. The number of rotatable bonds is 2. The lowest BCUT2D eigenvalue weighted by atomic mass is 10.1. The standard InChI is InChI=1S/C16H8ClFN2S/c17-12-4-5-15-14(8-12)20-16(21-15)11(9-19)6-10-2-1-3-13(18)7-10/h1-8H. The number of allylic oxidation sites excluding steroid dienone is 1. The van der Waals surface area contributed by atoms with Gasteiger partial charge in [0.25, 0.3) is 0 Å². The van der Waals surface area contributed by atoms with Gasteiger partial charge in [0.2, 0.25) is 0 Å². The topological polar surface area (TPSA) is 36.7 Å². The molecule has 21 heavy (non-hydrogen) atoms. The second-order valence-electron chi connectivity index (χ2n) is 4.36. The Labute approximate surface area is 129 Å². The van der Waals surface area contributed by atoms with Crippen molar-refractivity contribution in [2.24, 2.45) is 0 Å². The molecule has 0 unspecified atom stereocenters. The van der Waals surface area contributed by atoms with Crippen LogP contribution in [0, 0.1) is 17.1 Å². The number of nitriles is 1. The Balaban J connectivity index is 2.08. The first-order valence-electron chi connectivity index (χ1n) is 6.09. The zero-order valence-electron chi connectivity index (χ0n) is 10.7. The van der Waals surface area contributed by atoms with E-state index in [-0.39, 0.29) is 5.82 Å². The molecule has 1 heterocycles. The maximum Gasteiger partial charge on any atom is 0.135 e. The smallest absolute Gasteiger partial charge is 0.135 e. The number of hydrogen-bond donors (Lipinski definition) is 0. The van der Waals surface area contributed by atoms with Gasteiger partial charge in [-0.3, -0.25) is 0 Å². The molecule has 2 aromatic carbocycles. The number of fused-ring (bicyclic) bond motifs is 1. The molecule has 3 aromatic rings. The van der Waals surface area contributed by atoms with Crippen molar-refractivity contribution in [3.05, 3.63) is 63.9 Å². The van der Waals surface area contributed by atoms with E-state index in [0.29, 0.717) is 21.2 Å². The van der Waals surface area contributed by atoms with E-state index < -0.39 is 0 Å². The van der Waals surface area contributed by atoms with E-state index in [2.05, 4.69) is 11.1 Å². The second kappa shape index (κ2) is 5.65. The Hall–Kier alpha value is -2.22. The van der Waals surface area contributed by atoms with Gasteiger partial charge in [-0.2, -0.15) is 5.26 Å². The van der Waals surface area contributed by atoms with Crippen LogP contribution in [-0.4, -0.2) is 4.98 Å². The van der Waals surface area contributed by atoms with Crippen LogP contribution in [0.25, 0.3) is 21.9 Å². The summed E-state index contributed by atoms with van der Waals surface area (Å²) >= 11 is 7.34. The number of benzene rings is 2. The first kappa shape index (κ1) is 13.7. The van der Waals surface area contributed by atoms with Gasteiger partial charge in [-0.1, -0.05) is 23.7 Å². The molecule has 0 saturated heterocycles. The number of hydrogen-bond acceptors (Lipinski definition) is 3. The van der Waals surface area contributed by atoms with Gasteiger partial charge in [-0.05, 0) is 42.0 Å². The molecule has 1 aromatic heterocycles. The molecule has 0 aliphatic heterocycles. The summed E-state index contributed by atoms with van der Waals surface area (Å²) in [6.45, 7) is 0. The quantitative estimate of drug-likeness (QED) is 0.613. The minimum Gasteiger partial charge on any atom is -0.235 e. The van der Waals surface area contributed by atoms with Crippen molar-refractivity contribution in [1.82, 2.24) is 4.98 Å². The molecule has 0 saturated carbocycles. The van der Waals surface area contributed by atoms with Crippen molar-refractivity contribution in [3.63, 3.8) is 0 Å². The molecule has 0 fully saturated rings. The van der Waals surface area contributed by atoms with Crippen LogP contribution >= 0.6 is 22.9 Å². The molecule has 0 radical (unpaired) electrons. The summed E-state index contributed by atoms with van der Waals surface area (Å²) in [7, 11) is 0. The zero-order valence-corrected chi connectivity index (χ0v) is 12.2. The van der Waals surface area contributed by atoms with E-state index in [9.17, 15) is 9.65 Å². The highest BCUT2D eigenvalue weighted by Crippen LogP contribution is 2.29. The van der Waals surface area contributed by atoms with Crippen LogP contribution < -0.4 is 0 Å². The van der Waals surface area contributed by atoms with Gasteiger partial charge in [0, 0.05) is 5.02 Å². The van der Waals surface area contributed by atoms with Crippen molar-refractivity contribution in [3.8, 4) is 6.07 Å². The first-order chi connectivity index (χ1) is 10.2. The van der Waals surface area contributed by atoms with E-state index >= 15 is 0 Å². The van der Waals surface area contributed by atoms with Gasteiger partial charge in [0.05, 0.1) is 15.8 Å². The molecular weight excluding hydrogens is 307 g/mol. The third kappa shape index (κ3) is 2.94. The fourth-order valence-electron chi connectivity index (χ4n) is 1.92. The Bertz CT molecular complexity index is 893. The van der Waals surface area contributed by atoms with E-state index in [4.69, 9.17) is 11.6 Å². The van der Waals surface area contributed by atoms with Crippen molar-refractivity contribution < 1.29 is 4.39 Å². The predicted octanol–water partition coefficient (Wildman–Crippen LogP) is 5.15. The van der Waals surface area contributed by atoms with Gasteiger partial charge in [0.15, 0.2) is 0 Å². The summed E-state index contributed by atoms with van der Waals surface area (Å²) in [5.41, 5.74) is 1.78. The molecule has 0 N–H and O–H groups in total. The van der Waals surface area contributed by atoms with Crippen LogP contribution in [0.15, 0.2) is 42.5 Å². The number of thiazole rings is 1. The summed E-state index contributed by atoms with van der Waals surface area (Å²) in [5.74, 6) is -0.336. The normalized spacial score (nSPS) is 11.6. The van der Waals surface area contributed by atoms with Gasteiger partial charge in [-0.25, -0.2) is 9.37 Å². The Kier molecular flexibility index (Phi) is 3.70. The van der Waals surface area contributed by atoms with E-state index in [0.717, 1.165) is 10.2 Å². The lowest BCUT2D eigenvalue weighted by Crippen LogP contribution is -1.81. The zero-order chi connectivity index (χ0) is 14.8. The minimum atomic E-state index is -0.336. The third-order valence-corrected chi connectivity index (χ3v) is 4.16. The Morgan fingerprint density at radius 1 is 1.29 bits per heavy atom. The molecule has 3 rings (SSSR count). The number of aromatic nitrogens is 1. The Morgan fingerprint density at radius 2 is 2.14 bits per heavy atom. The van der Waals surface area contributed by atoms with Gasteiger partial charge in [-0.15, -0.1) is 11.3 Å². The summed E-state index contributed by atoms with van der Waals surface area (Å²) in [6, 6.07) is 13.6. The van der Waals surface area contributed by atoms with Crippen LogP contribution in [0.2, 0.25) is 5.02 Å². The SMILES string of the molecule is N#CC(=Cc1cccc(F)c1)c1nc2cc(Cl)ccc2s1. The molecule has 0 bridgehead atoms. The van der Waals surface area contributed by atoms with Crippen LogP contribution in [0.3, 0.4) is 0 Å². The highest BCUT2D eigenvalue weighted by atomic mass is 35.5. The van der Waals surface area contributed by atoms with Crippen molar-refractivity contribution in [2.45, 2.75) is 0 Å². The molecule has 0 amide bonds. The lowest BCUT2D eigenvalue weighted by Gasteiger charge is -1.95. The van der Waals surface area contributed by atoms with Gasteiger partial charge >= 0.3 is 0 Å². The lowest BCUT2D eigenvalue weighted by molar-refractivity contribution is 0.627. The van der Waals surface area contributed by atoms with Crippen molar-refractivity contribution in [1.29, 1.82) is 5.26 Å². The minimum absolute atomic E-state index is 0.336. The molecule has 0 spiro atoms. The molecule has 102 valence electrons. The van der Waals surface area contributed by atoms with E-state index in [1.165, 1.54) is 23.5 Å². The Morgan fingerprint density at radius 3 is 2.90 bits per heavy atom. The van der Waals surface area contributed by atoms with Crippen molar-refractivity contribution >= 4 is 44.8 Å². The van der Waals surface area contributed by atoms with E-state index in [1.54, 1.807) is 30.3 Å². The average Bonchev–Trinajstić information content (AvgIpc) is 2.87. The third-order valence-electron chi connectivity index (χ3n) is 2.86. The average molecular weight is 315 g/mol. The molecule has 5 heteroatoms. The molecule has 0 aliphatic rings. The van der Waals surface area contributed by atoms with Crippen LogP contribution in [0.4, 0.5) is 4.39 Å². The fourth-order valence-corrected chi connectivity index (χ4v) is 3.00. The summed E-state index contributed by atoms with van der Waals surface area (Å²) in [6.07, 6.45) is 1.63. The summed E-state index contributed by atoms with van der Waals surface area (Å²) in [5, 5.41) is 10.5. The first-order valence-corrected chi connectivity index (χ1v) is 7.29. The van der Waals surface area contributed by atoms with Crippen molar-refractivity contribution in [2.75, 3.05) is 0 Å². The highest BCUT2D eigenvalue weighted by molar-refractivity contribution is 7.19. The number of halogens is 2. The van der Waals surface area contributed by atoms with E-state index in [1.807, 2.05) is 6.07 Å². The maximum absolute atomic E-state index is 13.2. The monoisotopic (exact) mass is 314 g/mol. The molecular formula is C16H8ClFN2S. The van der Waals surface area contributed by atoms with Gasteiger partial charge in [0.1, 0.15) is 16.9 Å². The van der Waals surface area contributed by atoms with Crippen LogP contribution in [-0.2, 0) is 0 Å². The van der Waals surface area contributed by atoms with Gasteiger partial charge < -0.3 is 0 Å². The summed E-state index contributed by atoms with van der Waals surface area (Å²) < 4.78 is 14.1. The predicted molar refractivity (Wildman–Crippen MR) is 84.5 cm³/mol. The molecule has 0 aliphatic carbocycles. The second-order valence-corrected chi connectivity index (χ2v) is 5.82. The number of nitrogens with zero attached hydrogens (tertiary/aromatic N) is 2. The molecule has 0 atom stereocenters.